The number of aliphatic hydroxyl groups excluding tert-OH is 5. The minimum absolute atomic E-state index is 0.00426. The van der Waals surface area contributed by atoms with Crippen LogP contribution in [-0.2, 0) is 14.2 Å². The summed E-state index contributed by atoms with van der Waals surface area (Å²) in [5.74, 6) is 0.243. The first-order chi connectivity index (χ1) is 18.3. The minimum Gasteiger partial charge on any atom is -0.504 e. The second kappa shape index (κ2) is 10.8. The van der Waals surface area contributed by atoms with Gasteiger partial charge in [-0.25, -0.2) is 0 Å². The van der Waals surface area contributed by atoms with Gasteiger partial charge in [0, 0.05) is 11.8 Å². The number of aliphatic hydroxyl groups is 5. The molecule has 3 aliphatic heterocycles. The van der Waals surface area contributed by atoms with Crippen LogP contribution >= 0.6 is 0 Å². The summed E-state index contributed by atoms with van der Waals surface area (Å²) in [5, 5.41) is 60.5. The van der Waals surface area contributed by atoms with Gasteiger partial charge in [0.1, 0.15) is 18.3 Å². The lowest BCUT2D eigenvalue weighted by atomic mass is 9.84. The molecular weight excluding hydrogens is 504 g/mol. The molecule has 0 radical (unpaired) electrons. The minimum atomic E-state index is -1.66. The molecule has 0 spiro atoms. The number of benzene rings is 2. The second-order valence-electron chi connectivity index (χ2n) is 9.60. The van der Waals surface area contributed by atoms with Gasteiger partial charge in [0.2, 0.25) is 0 Å². The molecule has 2 unspecified atom stereocenters. The largest absolute Gasteiger partial charge is 0.504 e. The number of ether oxygens (including phenoxy) is 6. The van der Waals surface area contributed by atoms with Gasteiger partial charge < -0.3 is 59.1 Å². The van der Waals surface area contributed by atoms with Crippen molar-refractivity contribution < 1.29 is 59.1 Å². The normalized spacial score (nSPS) is 36.6. The van der Waals surface area contributed by atoms with Crippen molar-refractivity contribution in [1.82, 2.24) is 0 Å². The molecule has 6 N–H and O–H groups in total. The van der Waals surface area contributed by atoms with Crippen molar-refractivity contribution in [1.29, 1.82) is 0 Å². The van der Waals surface area contributed by atoms with Crippen molar-refractivity contribution >= 4 is 0 Å². The van der Waals surface area contributed by atoms with E-state index in [1.807, 2.05) is 0 Å². The SMILES string of the molecule is COc1cc([C@H]2O[C@@H](O)C3C2CO[C@@H]3c2ccc(O[C@@H]3[C@H](O)[C@@H](O)[C@H](O)O[C@@H]3CO)c(OC)c2)ccc1O. The van der Waals surface area contributed by atoms with Gasteiger partial charge in [0.05, 0.1) is 39.6 Å². The molecule has 0 amide bonds. The lowest BCUT2D eigenvalue weighted by molar-refractivity contribution is -0.282. The van der Waals surface area contributed by atoms with Gasteiger partial charge in [0.15, 0.2) is 41.7 Å². The third kappa shape index (κ3) is 4.67. The highest BCUT2D eigenvalue weighted by Gasteiger charge is 2.53. The summed E-state index contributed by atoms with van der Waals surface area (Å²) in [6, 6.07) is 9.91. The maximum absolute atomic E-state index is 10.8. The van der Waals surface area contributed by atoms with Crippen molar-refractivity contribution in [2.24, 2.45) is 11.8 Å². The maximum Gasteiger partial charge on any atom is 0.184 e. The molecule has 12 heteroatoms. The molecule has 3 fully saturated rings. The van der Waals surface area contributed by atoms with E-state index in [1.165, 1.54) is 20.3 Å². The zero-order valence-corrected chi connectivity index (χ0v) is 20.8. The van der Waals surface area contributed by atoms with Crippen LogP contribution in [0.4, 0.5) is 0 Å². The van der Waals surface area contributed by atoms with Crippen molar-refractivity contribution in [2.75, 3.05) is 27.4 Å². The number of hydrogen-bond acceptors (Lipinski definition) is 12. The molecule has 2 aromatic carbocycles. The Labute approximate surface area is 218 Å². The quantitative estimate of drug-likeness (QED) is 0.279. The summed E-state index contributed by atoms with van der Waals surface area (Å²) < 4.78 is 33.7. The molecule has 10 atom stereocenters. The predicted octanol–water partition coefficient (Wildman–Crippen LogP) is -0.0183. The first-order valence-corrected chi connectivity index (χ1v) is 12.2. The third-order valence-electron chi connectivity index (χ3n) is 7.47. The van der Waals surface area contributed by atoms with E-state index in [-0.39, 0.29) is 29.1 Å². The van der Waals surface area contributed by atoms with Gasteiger partial charge in [-0.15, -0.1) is 0 Å². The zero-order valence-electron chi connectivity index (χ0n) is 20.8. The summed E-state index contributed by atoms with van der Waals surface area (Å²) in [7, 11) is 2.89. The van der Waals surface area contributed by atoms with Gasteiger partial charge in [-0.1, -0.05) is 12.1 Å². The van der Waals surface area contributed by atoms with Crippen LogP contribution in [0.5, 0.6) is 23.0 Å². The van der Waals surface area contributed by atoms with Crippen LogP contribution in [0.3, 0.4) is 0 Å². The van der Waals surface area contributed by atoms with Crippen LogP contribution in [-0.4, -0.2) is 95.1 Å². The molecule has 38 heavy (non-hydrogen) atoms. The number of rotatable bonds is 7. The first kappa shape index (κ1) is 26.9. The number of phenolic OH excluding ortho intramolecular Hbond substituents is 1. The van der Waals surface area contributed by atoms with Gasteiger partial charge in [0.25, 0.3) is 0 Å². The molecule has 3 aliphatic rings. The molecule has 5 rings (SSSR count). The van der Waals surface area contributed by atoms with Crippen molar-refractivity contribution in [2.45, 2.75) is 49.2 Å². The number of phenols is 1. The van der Waals surface area contributed by atoms with E-state index < -0.39 is 55.8 Å². The summed E-state index contributed by atoms with van der Waals surface area (Å²) in [5.41, 5.74) is 1.44. The Morgan fingerprint density at radius 2 is 1.50 bits per heavy atom. The molecule has 0 saturated carbocycles. The Kier molecular flexibility index (Phi) is 7.67. The first-order valence-electron chi connectivity index (χ1n) is 12.2. The third-order valence-corrected chi connectivity index (χ3v) is 7.47. The maximum atomic E-state index is 10.8. The Morgan fingerprint density at radius 1 is 0.816 bits per heavy atom. The summed E-state index contributed by atoms with van der Waals surface area (Å²) in [6.45, 7) is -0.234. The van der Waals surface area contributed by atoms with Gasteiger partial charge in [-0.05, 0) is 35.4 Å². The van der Waals surface area contributed by atoms with Crippen LogP contribution in [0.2, 0.25) is 0 Å². The fourth-order valence-corrected chi connectivity index (χ4v) is 5.49. The standard InChI is InChI=1S/C26H32O12/c1-33-16-7-11(3-5-14(16)28)22-13-10-35-23(19(13)25(31)38-22)12-4-6-15(17(8-12)34-2)36-24-18(9-27)37-26(32)21(30)20(24)29/h3-8,13,18-32H,9-10H2,1-2H3/t13?,18-,19?,20-,21-,22-,23-,24+,25-,26-/m1/s1. The number of aromatic hydroxyl groups is 1. The van der Waals surface area contributed by atoms with Crippen LogP contribution in [0, 0.1) is 11.8 Å². The molecule has 0 aliphatic carbocycles. The zero-order chi connectivity index (χ0) is 27.1. The average molecular weight is 537 g/mol. The molecule has 12 nitrogen and oxygen atoms in total. The number of hydrogen-bond donors (Lipinski definition) is 6. The Morgan fingerprint density at radius 3 is 2.21 bits per heavy atom. The lowest BCUT2D eigenvalue weighted by Crippen LogP contribution is -2.60. The molecule has 208 valence electrons. The predicted molar refractivity (Wildman–Crippen MR) is 128 cm³/mol. The van der Waals surface area contributed by atoms with Crippen molar-refractivity contribution in [3.8, 4) is 23.0 Å². The van der Waals surface area contributed by atoms with Crippen LogP contribution < -0.4 is 14.2 Å². The molecule has 2 aromatic rings. The van der Waals surface area contributed by atoms with Crippen LogP contribution in [0.15, 0.2) is 36.4 Å². The number of methoxy groups -OCH3 is 2. The van der Waals surface area contributed by atoms with Crippen LogP contribution in [0.25, 0.3) is 0 Å². The molecule has 0 aromatic heterocycles. The summed E-state index contributed by atoms with van der Waals surface area (Å²) in [4.78, 5) is 0. The van der Waals surface area contributed by atoms with E-state index in [9.17, 15) is 30.6 Å². The highest BCUT2D eigenvalue weighted by atomic mass is 16.7. The highest BCUT2D eigenvalue weighted by molar-refractivity contribution is 5.45. The molecule has 3 heterocycles. The monoisotopic (exact) mass is 536 g/mol. The van der Waals surface area contributed by atoms with E-state index >= 15 is 0 Å². The Hall–Kier alpha value is -2.68. The van der Waals surface area contributed by atoms with Crippen molar-refractivity contribution in [3.05, 3.63) is 47.5 Å². The number of fused-ring (bicyclic) bond motifs is 1. The summed E-state index contributed by atoms with van der Waals surface area (Å²) >= 11 is 0. The Bertz CT molecular complexity index is 1130. The molecule has 3 saturated heterocycles. The summed E-state index contributed by atoms with van der Waals surface area (Å²) in [6.07, 6.45) is -9.18. The second-order valence-corrected chi connectivity index (χ2v) is 9.60. The fourth-order valence-electron chi connectivity index (χ4n) is 5.49. The average Bonchev–Trinajstić information content (AvgIpc) is 3.50. The Balaban J connectivity index is 1.36. The van der Waals surface area contributed by atoms with E-state index in [0.717, 1.165) is 5.56 Å². The van der Waals surface area contributed by atoms with Gasteiger partial charge in [-0.3, -0.25) is 0 Å². The topological polar surface area (TPSA) is 177 Å². The molecular formula is C26H32O12. The smallest absolute Gasteiger partial charge is 0.184 e. The van der Waals surface area contributed by atoms with E-state index in [0.29, 0.717) is 17.9 Å². The lowest BCUT2D eigenvalue weighted by Gasteiger charge is -2.40. The van der Waals surface area contributed by atoms with Crippen LogP contribution in [0.1, 0.15) is 23.3 Å². The highest BCUT2D eigenvalue weighted by Crippen LogP contribution is 2.53. The fraction of sp³-hybridized carbons (Fsp3) is 0.538. The van der Waals surface area contributed by atoms with Gasteiger partial charge in [-0.2, -0.15) is 0 Å². The van der Waals surface area contributed by atoms with E-state index in [2.05, 4.69) is 0 Å². The van der Waals surface area contributed by atoms with E-state index in [1.54, 1.807) is 30.3 Å². The van der Waals surface area contributed by atoms with Gasteiger partial charge >= 0.3 is 0 Å². The van der Waals surface area contributed by atoms with E-state index in [4.69, 9.17) is 28.4 Å². The molecule has 0 bridgehead atoms. The van der Waals surface area contributed by atoms with Crippen molar-refractivity contribution in [3.63, 3.8) is 0 Å².